The van der Waals surface area contributed by atoms with E-state index in [-0.39, 0.29) is 0 Å². The van der Waals surface area contributed by atoms with Crippen molar-refractivity contribution in [3.63, 3.8) is 0 Å². The standard InChI is InChI=1S/C45H32N2.2C32H28N2/c1-46(43-30-29-41-39-18-9-14-33-13-8-17-38(44(33)39)40-19-10-20-42(43)45(40)41)34-25-27-37(28-26-34)47(35-15-6-3-7-16-35)36-23-21-32(22-24-36)31-11-4-2-5-12-31;1-25-10-9-15-32(24-25)33(2)28-20-22-31(23-21-28)34(29-13-7-4-8-14-29)30-18-16-27(17-19-30)26-11-5-3-6-12-26;1-25-13-17-28(18-14-25)33(2)29-21-23-32(24-22-29)34(30-11-7-4-8-12-30)31-19-15-27(16-20-31)26-9-5-3-6-10-26/h2-30H,1H3;2*3-24H,1-2H3. The van der Waals surface area contributed by atoms with Crippen LogP contribution in [0.1, 0.15) is 11.1 Å². The Bertz CT molecular complexity index is 6340. The van der Waals surface area contributed by atoms with Crippen LogP contribution in [-0.4, -0.2) is 21.1 Å². The van der Waals surface area contributed by atoms with Crippen molar-refractivity contribution < 1.29 is 0 Å². The summed E-state index contributed by atoms with van der Waals surface area (Å²) in [5, 5.41) is 10.5. The van der Waals surface area contributed by atoms with Gasteiger partial charge in [-0.15, -0.1) is 0 Å². The van der Waals surface area contributed by atoms with Crippen molar-refractivity contribution >= 4 is 128 Å². The highest BCUT2D eigenvalue weighted by Crippen LogP contribution is 2.46. The highest BCUT2D eigenvalue weighted by molar-refractivity contribution is 6.34. The number of hydrogen-bond acceptors (Lipinski definition) is 6. The second-order valence-corrected chi connectivity index (χ2v) is 29.2. The minimum absolute atomic E-state index is 1.11. The number of fused-ring (bicyclic) bond motifs is 2. The predicted octanol–water partition coefficient (Wildman–Crippen LogP) is 30.4. The minimum Gasteiger partial charge on any atom is -0.345 e. The third-order valence-electron chi connectivity index (χ3n) is 21.9. The summed E-state index contributed by atoms with van der Waals surface area (Å²) >= 11 is 0. The molecule has 0 radical (unpaired) electrons. The Balaban J connectivity index is 0.000000127. The molecule has 6 heteroatoms. The third kappa shape index (κ3) is 15.7. The van der Waals surface area contributed by atoms with Crippen LogP contribution in [0.4, 0.5) is 85.3 Å². The van der Waals surface area contributed by atoms with Gasteiger partial charge in [-0.3, -0.25) is 0 Å². The fraction of sp³-hybridized carbons (Fsp3) is 0.0459. The van der Waals surface area contributed by atoms with Gasteiger partial charge in [-0.2, -0.15) is 0 Å². The van der Waals surface area contributed by atoms with Crippen molar-refractivity contribution in [3.05, 3.63) is 454 Å². The number of aryl methyl sites for hydroxylation is 2. The number of anilines is 15. The lowest BCUT2D eigenvalue weighted by Gasteiger charge is -2.27. The fourth-order valence-electron chi connectivity index (χ4n) is 15.8. The first kappa shape index (κ1) is 73.1. The molecule has 0 amide bonds. The van der Waals surface area contributed by atoms with Crippen molar-refractivity contribution in [1.29, 1.82) is 0 Å². The molecule has 19 aromatic carbocycles. The Morgan fingerprint density at radius 3 is 0.774 bits per heavy atom. The fourth-order valence-corrected chi connectivity index (χ4v) is 15.8. The first-order valence-electron chi connectivity index (χ1n) is 39.4. The Labute approximate surface area is 675 Å². The van der Waals surface area contributed by atoms with Gasteiger partial charge < -0.3 is 29.4 Å². The zero-order valence-electron chi connectivity index (χ0n) is 65.3. The molecule has 0 aliphatic rings. The van der Waals surface area contributed by atoms with Crippen LogP contribution in [-0.2, 0) is 0 Å². The van der Waals surface area contributed by atoms with Gasteiger partial charge in [0.05, 0.1) is 0 Å². The van der Waals surface area contributed by atoms with E-state index in [9.17, 15) is 0 Å². The number of hydrogen-bond donors (Lipinski definition) is 0. The molecule has 0 heterocycles. The summed E-state index contributed by atoms with van der Waals surface area (Å²) in [7, 11) is 6.39. The second-order valence-electron chi connectivity index (χ2n) is 29.2. The van der Waals surface area contributed by atoms with Crippen LogP contribution in [0.25, 0.3) is 76.5 Å². The van der Waals surface area contributed by atoms with E-state index in [0.29, 0.717) is 0 Å². The van der Waals surface area contributed by atoms with E-state index in [2.05, 4.69) is 507 Å². The third-order valence-corrected chi connectivity index (χ3v) is 21.9. The molecule has 6 nitrogen and oxygen atoms in total. The summed E-state index contributed by atoms with van der Waals surface area (Å²) in [4.78, 5) is 13.7. The average Bonchev–Trinajstić information content (AvgIpc) is 0.716. The summed E-state index contributed by atoms with van der Waals surface area (Å²) in [6.45, 7) is 4.24. The number of nitrogens with zero attached hydrogens (tertiary/aromatic N) is 6. The van der Waals surface area contributed by atoms with Crippen LogP contribution in [0.2, 0.25) is 0 Å². The molecule has 0 spiro atoms. The molecule has 115 heavy (non-hydrogen) atoms. The van der Waals surface area contributed by atoms with Crippen LogP contribution in [0.15, 0.2) is 443 Å². The first-order valence-corrected chi connectivity index (χ1v) is 39.4. The molecular weight excluding hydrogens is 1390 g/mol. The average molecular weight is 1480 g/mol. The van der Waals surface area contributed by atoms with Crippen LogP contribution < -0.4 is 29.4 Å². The second kappa shape index (κ2) is 33.5. The maximum absolute atomic E-state index is 2.32. The van der Waals surface area contributed by atoms with Gasteiger partial charge in [0, 0.05) is 112 Å². The Kier molecular flexibility index (Phi) is 21.3. The normalized spacial score (nSPS) is 11.0. The molecule has 0 aliphatic heterocycles. The molecule has 0 bridgehead atoms. The first-order chi connectivity index (χ1) is 56.6. The van der Waals surface area contributed by atoms with Gasteiger partial charge in [0.1, 0.15) is 0 Å². The Hall–Kier alpha value is -14.7. The topological polar surface area (TPSA) is 19.4 Å². The summed E-state index contributed by atoms with van der Waals surface area (Å²) < 4.78 is 0. The van der Waals surface area contributed by atoms with Crippen molar-refractivity contribution in [1.82, 2.24) is 0 Å². The lowest BCUT2D eigenvalue weighted by molar-refractivity contribution is 1.20. The van der Waals surface area contributed by atoms with Gasteiger partial charge in [-0.1, -0.05) is 272 Å². The zero-order chi connectivity index (χ0) is 78.0. The summed E-state index contributed by atoms with van der Waals surface area (Å²) in [6, 6.07) is 158. The van der Waals surface area contributed by atoms with E-state index in [1.165, 1.54) is 105 Å². The molecule has 19 aromatic rings. The van der Waals surface area contributed by atoms with Crippen LogP contribution in [0.3, 0.4) is 0 Å². The molecule has 0 saturated heterocycles. The Morgan fingerprint density at radius 2 is 0.409 bits per heavy atom. The van der Waals surface area contributed by atoms with E-state index < -0.39 is 0 Å². The van der Waals surface area contributed by atoms with Gasteiger partial charge in [-0.25, -0.2) is 0 Å². The lowest BCUT2D eigenvalue weighted by atomic mass is 9.89. The van der Waals surface area contributed by atoms with E-state index >= 15 is 0 Å². The molecular formula is C109H88N6. The molecule has 0 aromatic heterocycles. The van der Waals surface area contributed by atoms with Crippen molar-refractivity contribution in [3.8, 4) is 33.4 Å². The van der Waals surface area contributed by atoms with Gasteiger partial charge in [0.25, 0.3) is 0 Å². The van der Waals surface area contributed by atoms with Gasteiger partial charge in [0.15, 0.2) is 0 Å². The molecule has 0 fully saturated rings. The monoisotopic (exact) mass is 1480 g/mol. The molecule has 0 saturated carbocycles. The van der Waals surface area contributed by atoms with Crippen LogP contribution >= 0.6 is 0 Å². The van der Waals surface area contributed by atoms with Gasteiger partial charge in [0.2, 0.25) is 0 Å². The largest absolute Gasteiger partial charge is 0.345 e. The maximum atomic E-state index is 2.32. The van der Waals surface area contributed by atoms with E-state index in [1.54, 1.807) is 0 Å². The number of para-hydroxylation sites is 3. The summed E-state index contributed by atoms with van der Waals surface area (Å²) in [5.74, 6) is 0. The molecule has 0 unspecified atom stereocenters. The summed E-state index contributed by atoms with van der Waals surface area (Å²) in [5.41, 5.74) is 27.0. The van der Waals surface area contributed by atoms with Gasteiger partial charge in [-0.05, 0) is 266 Å². The Morgan fingerprint density at radius 1 is 0.157 bits per heavy atom. The molecule has 0 atom stereocenters. The number of rotatable bonds is 18. The minimum atomic E-state index is 1.11. The quantitative estimate of drug-likeness (QED) is 0.0625. The van der Waals surface area contributed by atoms with Crippen LogP contribution in [0, 0.1) is 13.8 Å². The zero-order valence-corrected chi connectivity index (χ0v) is 65.3. The van der Waals surface area contributed by atoms with E-state index in [1.807, 2.05) is 0 Å². The molecule has 19 rings (SSSR count). The lowest BCUT2D eigenvalue weighted by Crippen LogP contribution is -2.12. The van der Waals surface area contributed by atoms with Crippen molar-refractivity contribution in [2.75, 3.05) is 50.5 Å². The predicted molar refractivity (Wildman–Crippen MR) is 494 cm³/mol. The van der Waals surface area contributed by atoms with Crippen molar-refractivity contribution in [2.24, 2.45) is 0 Å². The van der Waals surface area contributed by atoms with E-state index in [4.69, 9.17) is 0 Å². The summed E-state index contributed by atoms with van der Waals surface area (Å²) in [6.07, 6.45) is 0. The van der Waals surface area contributed by atoms with Crippen molar-refractivity contribution in [2.45, 2.75) is 13.8 Å². The smallest absolute Gasteiger partial charge is 0.0488 e. The highest BCUT2D eigenvalue weighted by Gasteiger charge is 2.21. The molecule has 0 aliphatic carbocycles. The number of benzene rings is 19. The molecule has 554 valence electrons. The highest BCUT2D eigenvalue weighted by atomic mass is 15.2. The molecule has 0 N–H and O–H groups in total. The van der Waals surface area contributed by atoms with Gasteiger partial charge >= 0.3 is 0 Å². The van der Waals surface area contributed by atoms with E-state index in [0.717, 1.165) is 68.2 Å². The maximum Gasteiger partial charge on any atom is 0.0488 e. The van der Waals surface area contributed by atoms with Crippen LogP contribution in [0.5, 0.6) is 0 Å². The SMILES string of the molecule is CN(c1ccc(N(c2ccccc2)c2ccc(-c3ccccc3)cc2)cc1)c1ccc2c3cccc4cccc(c5cccc1c52)c43.Cc1ccc(N(C)c2ccc(N(c3ccccc3)c3ccc(-c4ccccc4)cc3)cc2)cc1.Cc1cccc(N(C)c2ccc(N(c3ccccc3)c3ccc(-c4ccccc4)cc3)cc2)c1.